The van der Waals surface area contributed by atoms with Gasteiger partial charge in [0.2, 0.25) is 0 Å². The summed E-state index contributed by atoms with van der Waals surface area (Å²) in [5.74, 6) is -1.04. The largest absolute Gasteiger partial charge is 0.508 e. The maximum Gasteiger partial charge on any atom is 0.313 e. The third kappa shape index (κ3) is 6.40. The Morgan fingerprint density at radius 1 is 1.13 bits per heavy atom. The summed E-state index contributed by atoms with van der Waals surface area (Å²) in [6, 6.07) is 14.4. The lowest BCUT2D eigenvalue weighted by Gasteiger charge is -2.37. The van der Waals surface area contributed by atoms with Gasteiger partial charge in [0.05, 0.1) is 12.7 Å². The van der Waals surface area contributed by atoms with Crippen LogP contribution in [-0.4, -0.2) is 23.7 Å². The molecule has 0 unspecified atom stereocenters. The lowest BCUT2D eigenvalue weighted by atomic mass is 9.91. The first-order chi connectivity index (χ1) is 15.0. The Morgan fingerprint density at radius 3 is 2.55 bits per heavy atom. The molecule has 0 spiro atoms. The molecule has 7 heteroatoms. The van der Waals surface area contributed by atoms with Crippen molar-refractivity contribution in [2.45, 2.75) is 38.6 Å². The van der Waals surface area contributed by atoms with E-state index in [1.807, 2.05) is 42.5 Å². The normalized spacial score (nSPS) is 21.2. The van der Waals surface area contributed by atoms with Crippen molar-refractivity contribution in [3.8, 4) is 5.75 Å². The second kappa shape index (κ2) is 11.1. The van der Waals surface area contributed by atoms with Crippen LogP contribution in [0.1, 0.15) is 49.7 Å². The Hall–Kier alpha value is -2.67. The number of ether oxygens (including phenoxy) is 3. The Bertz CT molecular complexity index is 941. The zero-order valence-corrected chi connectivity index (χ0v) is 18.0. The van der Waals surface area contributed by atoms with Crippen molar-refractivity contribution in [2.75, 3.05) is 6.61 Å². The molecule has 2 aromatic carbocycles. The van der Waals surface area contributed by atoms with E-state index < -0.39 is 24.3 Å². The highest BCUT2D eigenvalue weighted by Crippen LogP contribution is 2.43. The van der Waals surface area contributed by atoms with Gasteiger partial charge in [0, 0.05) is 35.4 Å². The number of aromatic hydroxyl groups is 1. The molecule has 31 heavy (non-hydrogen) atoms. The Kier molecular flexibility index (Phi) is 8.23. The highest BCUT2D eigenvalue weighted by Gasteiger charge is 2.35. The highest BCUT2D eigenvalue weighted by atomic mass is 35.5. The van der Waals surface area contributed by atoms with E-state index in [-0.39, 0.29) is 18.1 Å². The standard InChI is InChI=1S/C24H25ClO6/c1-16(26)30-22(28)14-4-2-3-9-17-15-29-24(18-10-5-7-12-20(18)25)31-23(17)19-11-6-8-13-21(19)27/h2-3,5-8,10-13,17,23-24,27H,4,9,14-15H2,1H3/t17-,23+,24+/m1/s1. The zero-order chi connectivity index (χ0) is 22.2. The van der Waals surface area contributed by atoms with Gasteiger partial charge < -0.3 is 19.3 Å². The predicted octanol–water partition coefficient (Wildman–Crippen LogP) is 5.26. The van der Waals surface area contributed by atoms with Crippen LogP contribution in [0.3, 0.4) is 0 Å². The maximum absolute atomic E-state index is 11.4. The van der Waals surface area contributed by atoms with Gasteiger partial charge in [0.25, 0.3) is 0 Å². The third-order valence-corrected chi connectivity index (χ3v) is 5.28. The van der Waals surface area contributed by atoms with E-state index >= 15 is 0 Å². The van der Waals surface area contributed by atoms with E-state index in [1.165, 1.54) is 6.92 Å². The molecular formula is C24H25ClO6. The summed E-state index contributed by atoms with van der Waals surface area (Å²) in [6.45, 7) is 1.61. The fourth-order valence-electron chi connectivity index (χ4n) is 3.46. The fraction of sp³-hybridized carbons (Fsp3) is 0.333. The minimum absolute atomic E-state index is 0.0486. The summed E-state index contributed by atoms with van der Waals surface area (Å²) < 4.78 is 16.7. The van der Waals surface area contributed by atoms with E-state index in [0.717, 1.165) is 5.56 Å². The van der Waals surface area contributed by atoms with Gasteiger partial charge in [-0.25, -0.2) is 0 Å². The van der Waals surface area contributed by atoms with Crippen LogP contribution in [0, 0.1) is 5.92 Å². The molecule has 3 rings (SSSR count). The number of hydrogen-bond acceptors (Lipinski definition) is 6. The van der Waals surface area contributed by atoms with E-state index in [9.17, 15) is 14.7 Å². The zero-order valence-electron chi connectivity index (χ0n) is 17.2. The molecule has 0 radical (unpaired) electrons. The number of benzene rings is 2. The first kappa shape index (κ1) is 23.0. The van der Waals surface area contributed by atoms with Crippen molar-refractivity contribution in [2.24, 2.45) is 5.92 Å². The first-order valence-corrected chi connectivity index (χ1v) is 10.5. The van der Waals surface area contributed by atoms with Gasteiger partial charge in [0.1, 0.15) is 5.75 Å². The van der Waals surface area contributed by atoms with Crippen LogP contribution in [-0.2, 0) is 23.8 Å². The van der Waals surface area contributed by atoms with Crippen molar-refractivity contribution >= 4 is 23.5 Å². The quantitative estimate of drug-likeness (QED) is 0.356. The molecule has 0 bridgehead atoms. The second-order valence-electron chi connectivity index (χ2n) is 7.27. The lowest BCUT2D eigenvalue weighted by molar-refractivity contribution is -0.244. The summed E-state index contributed by atoms with van der Waals surface area (Å²) in [7, 11) is 0. The molecule has 0 saturated carbocycles. The summed E-state index contributed by atoms with van der Waals surface area (Å²) in [5, 5.41) is 10.9. The number of hydrogen-bond donors (Lipinski definition) is 1. The fourth-order valence-corrected chi connectivity index (χ4v) is 3.68. The summed E-state index contributed by atoms with van der Waals surface area (Å²) in [4.78, 5) is 22.2. The minimum atomic E-state index is -0.639. The van der Waals surface area contributed by atoms with Gasteiger partial charge in [-0.15, -0.1) is 0 Å². The van der Waals surface area contributed by atoms with Gasteiger partial charge in [-0.3, -0.25) is 9.59 Å². The van der Waals surface area contributed by atoms with Crippen molar-refractivity contribution in [3.05, 3.63) is 76.8 Å². The molecule has 1 aliphatic rings. The molecule has 3 atom stereocenters. The van der Waals surface area contributed by atoms with Crippen LogP contribution in [0.2, 0.25) is 5.02 Å². The third-order valence-electron chi connectivity index (χ3n) is 4.94. The molecule has 2 aromatic rings. The number of phenols is 1. The Morgan fingerprint density at radius 2 is 1.84 bits per heavy atom. The number of rotatable bonds is 7. The molecule has 1 aliphatic heterocycles. The monoisotopic (exact) mass is 444 g/mol. The molecule has 0 amide bonds. The molecule has 0 aromatic heterocycles. The van der Waals surface area contributed by atoms with Crippen LogP contribution in [0.5, 0.6) is 5.75 Å². The number of halogens is 1. The average Bonchev–Trinajstić information content (AvgIpc) is 2.74. The van der Waals surface area contributed by atoms with E-state index in [0.29, 0.717) is 30.0 Å². The summed E-state index contributed by atoms with van der Waals surface area (Å²) in [6.07, 6.45) is 3.99. The van der Waals surface area contributed by atoms with Crippen LogP contribution >= 0.6 is 11.6 Å². The second-order valence-corrected chi connectivity index (χ2v) is 7.68. The van der Waals surface area contributed by atoms with Gasteiger partial charge in [0.15, 0.2) is 6.29 Å². The molecule has 0 aliphatic carbocycles. The predicted molar refractivity (Wildman–Crippen MR) is 115 cm³/mol. The summed E-state index contributed by atoms with van der Waals surface area (Å²) in [5.41, 5.74) is 1.42. The number of esters is 2. The maximum atomic E-state index is 11.4. The van der Waals surface area contributed by atoms with Crippen molar-refractivity contribution < 1.29 is 28.9 Å². The molecule has 164 valence electrons. The average molecular weight is 445 g/mol. The number of carbonyl (C=O) groups is 2. The van der Waals surface area contributed by atoms with Crippen LogP contribution in [0.15, 0.2) is 60.7 Å². The van der Waals surface area contributed by atoms with Crippen LogP contribution in [0.4, 0.5) is 0 Å². The number of para-hydroxylation sites is 1. The van der Waals surface area contributed by atoms with Gasteiger partial charge in [-0.1, -0.05) is 60.2 Å². The Balaban J connectivity index is 1.68. The molecule has 1 heterocycles. The SMILES string of the molecule is CC(=O)OC(=O)CCC=CC[C@@H]1CO[C@H](c2ccccc2Cl)O[C@@H]1c1ccccc1O. The first-order valence-electron chi connectivity index (χ1n) is 10.1. The lowest BCUT2D eigenvalue weighted by Crippen LogP contribution is -2.30. The van der Waals surface area contributed by atoms with Crippen LogP contribution in [0.25, 0.3) is 0 Å². The number of allylic oxidation sites excluding steroid dienone is 2. The van der Waals surface area contributed by atoms with Gasteiger partial charge in [-0.05, 0) is 25.0 Å². The molecule has 1 fully saturated rings. The van der Waals surface area contributed by atoms with E-state index in [1.54, 1.807) is 18.2 Å². The van der Waals surface area contributed by atoms with Gasteiger partial charge in [-0.2, -0.15) is 0 Å². The minimum Gasteiger partial charge on any atom is -0.508 e. The van der Waals surface area contributed by atoms with Gasteiger partial charge >= 0.3 is 11.9 Å². The molecule has 1 N–H and O–H groups in total. The number of carbonyl (C=O) groups excluding carboxylic acids is 2. The summed E-state index contributed by atoms with van der Waals surface area (Å²) >= 11 is 6.31. The molecular weight excluding hydrogens is 420 g/mol. The molecule has 6 nitrogen and oxygen atoms in total. The van der Waals surface area contributed by atoms with Crippen molar-refractivity contribution in [3.63, 3.8) is 0 Å². The smallest absolute Gasteiger partial charge is 0.313 e. The van der Waals surface area contributed by atoms with E-state index in [2.05, 4.69) is 4.74 Å². The molecule has 1 saturated heterocycles. The topological polar surface area (TPSA) is 82.1 Å². The van der Waals surface area contributed by atoms with Crippen molar-refractivity contribution in [1.82, 2.24) is 0 Å². The highest BCUT2D eigenvalue weighted by molar-refractivity contribution is 6.31. The van der Waals surface area contributed by atoms with Crippen LogP contribution < -0.4 is 0 Å². The van der Waals surface area contributed by atoms with E-state index in [4.69, 9.17) is 21.1 Å². The Labute approximate surface area is 186 Å². The number of phenolic OH excluding ortho intramolecular Hbond substituents is 1. The van der Waals surface area contributed by atoms with Crippen molar-refractivity contribution in [1.29, 1.82) is 0 Å².